The lowest BCUT2D eigenvalue weighted by atomic mass is 10.0. The molecule has 0 aromatic heterocycles. The quantitative estimate of drug-likeness (QED) is 0.672. The molecule has 3 heteroatoms. The smallest absolute Gasteiger partial charge is 0.197 e. The van der Waals surface area contributed by atoms with E-state index in [1.165, 1.54) is 18.4 Å². The van der Waals surface area contributed by atoms with Gasteiger partial charge in [0.15, 0.2) is 5.96 Å². The van der Waals surface area contributed by atoms with Crippen LogP contribution in [-0.4, -0.2) is 17.4 Å². The van der Waals surface area contributed by atoms with Gasteiger partial charge in [0.1, 0.15) is 0 Å². The van der Waals surface area contributed by atoms with Gasteiger partial charge in [0.25, 0.3) is 0 Å². The first-order valence-electron chi connectivity index (χ1n) is 5.06. The Balaban J connectivity index is 2.16. The monoisotopic (exact) mass is 187 g/mol. The molecule has 0 spiro atoms. The summed E-state index contributed by atoms with van der Waals surface area (Å²) in [6, 6.07) is 8.77. The van der Waals surface area contributed by atoms with Crippen LogP contribution in [-0.2, 0) is 0 Å². The fraction of sp³-hybridized carbons (Fsp3) is 0.364. The molecular weight excluding hydrogens is 174 g/mol. The van der Waals surface area contributed by atoms with Crippen LogP contribution in [0.25, 0.3) is 0 Å². The first kappa shape index (κ1) is 7.85. The lowest BCUT2D eigenvalue weighted by molar-refractivity contribution is 0.390. The molecule has 72 valence electrons. The van der Waals surface area contributed by atoms with Crippen molar-refractivity contribution in [1.82, 2.24) is 4.90 Å². The van der Waals surface area contributed by atoms with E-state index in [0.29, 0.717) is 12.0 Å². The van der Waals surface area contributed by atoms with Gasteiger partial charge in [-0.2, -0.15) is 0 Å². The summed E-state index contributed by atoms with van der Waals surface area (Å²) in [7, 11) is 0. The highest BCUT2D eigenvalue weighted by molar-refractivity contribution is 5.84. The van der Waals surface area contributed by atoms with Crippen LogP contribution in [0.15, 0.2) is 29.3 Å². The molecule has 0 amide bonds. The van der Waals surface area contributed by atoms with E-state index in [2.05, 4.69) is 22.0 Å². The molecule has 2 N–H and O–H groups in total. The molecule has 1 fully saturated rings. The van der Waals surface area contributed by atoms with E-state index >= 15 is 0 Å². The lowest BCUT2D eigenvalue weighted by Gasteiger charge is -2.30. The summed E-state index contributed by atoms with van der Waals surface area (Å²) in [5.41, 5.74) is 8.29. The van der Waals surface area contributed by atoms with Gasteiger partial charge in [0.2, 0.25) is 0 Å². The maximum atomic E-state index is 5.91. The Kier molecular flexibility index (Phi) is 1.54. The first-order valence-corrected chi connectivity index (χ1v) is 5.06. The maximum Gasteiger partial charge on any atom is 0.197 e. The van der Waals surface area contributed by atoms with Crippen LogP contribution in [0.1, 0.15) is 24.4 Å². The molecular formula is C11H13N3. The summed E-state index contributed by atoms with van der Waals surface area (Å²) in [4.78, 5) is 6.62. The molecule has 0 bridgehead atoms. The molecule has 1 atom stereocenters. The molecule has 1 aromatic rings. The second-order valence-electron chi connectivity index (χ2n) is 3.88. The van der Waals surface area contributed by atoms with Crippen LogP contribution in [0, 0.1) is 0 Å². The van der Waals surface area contributed by atoms with Crippen LogP contribution in [0.2, 0.25) is 0 Å². The number of rotatable bonds is 0. The molecule has 1 aromatic carbocycles. The Bertz CT molecular complexity index is 397. The number of aliphatic imine (C=N–C) groups is 1. The first-order chi connectivity index (χ1) is 6.86. The Morgan fingerprint density at radius 2 is 2.21 bits per heavy atom. The van der Waals surface area contributed by atoms with Crippen LogP contribution in [0.4, 0.5) is 5.69 Å². The minimum atomic E-state index is 0.476. The molecule has 1 saturated heterocycles. The molecule has 2 heterocycles. The lowest BCUT2D eigenvalue weighted by Crippen LogP contribution is -2.38. The molecule has 2 aliphatic rings. The highest BCUT2D eigenvalue weighted by Crippen LogP contribution is 2.39. The van der Waals surface area contributed by atoms with E-state index in [9.17, 15) is 0 Å². The van der Waals surface area contributed by atoms with Crippen molar-refractivity contribution in [2.45, 2.75) is 18.9 Å². The fourth-order valence-electron chi connectivity index (χ4n) is 2.42. The maximum absolute atomic E-state index is 5.91. The fourth-order valence-corrected chi connectivity index (χ4v) is 2.42. The Morgan fingerprint density at radius 3 is 3.14 bits per heavy atom. The second-order valence-corrected chi connectivity index (χ2v) is 3.88. The van der Waals surface area contributed by atoms with Gasteiger partial charge in [-0.05, 0) is 18.9 Å². The van der Waals surface area contributed by atoms with Gasteiger partial charge in [-0.15, -0.1) is 0 Å². The Labute approximate surface area is 83.2 Å². The molecule has 14 heavy (non-hydrogen) atoms. The van der Waals surface area contributed by atoms with Crippen LogP contribution in [0.5, 0.6) is 0 Å². The zero-order valence-corrected chi connectivity index (χ0v) is 7.98. The van der Waals surface area contributed by atoms with Gasteiger partial charge in [0.05, 0.1) is 11.7 Å². The number of nitrogens with zero attached hydrogens (tertiary/aromatic N) is 2. The molecule has 1 unspecified atom stereocenters. The van der Waals surface area contributed by atoms with E-state index < -0.39 is 0 Å². The van der Waals surface area contributed by atoms with Crippen molar-refractivity contribution in [2.75, 3.05) is 6.54 Å². The number of para-hydroxylation sites is 1. The molecule has 3 nitrogen and oxygen atoms in total. The van der Waals surface area contributed by atoms with Crippen molar-refractivity contribution in [3.05, 3.63) is 29.8 Å². The molecule has 0 radical (unpaired) electrons. The highest BCUT2D eigenvalue weighted by Gasteiger charge is 2.31. The van der Waals surface area contributed by atoms with Gasteiger partial charge in [-0.25, -0.2) is 4.99 Å². The van der Waals surface area contributed by atoms with Gasteiger partial charge in [-0.1, -0.05) is 18.2 Å². The summed E-state index contributed by atoms with van der Waals surface area (Å²) in [6.07, 6.45) is 2.42. The standard InChI is InChI=1S/C11H13N3/c12-11-13-9-5-2-1-4-8(9)10-6-3-7-14(10)11/h1-2,4-5,10H,3,6-7H2,(H2,12,13). The third-order valence-electron chi connectivity index (χ3n) is 3.08. The van der Waals surface area contributed by atoms with Crippen molar-refractivity contribution in [1.29, 1.82) is 0 Å². The minimum absolute atomic E-state index is 0.476. The second kappa shape index (κ2) is 2.74. The normalized spacial score (nSPS) is 24.1. The average Bonchev–Trinajstić information content (AvgIpc) is 2.67. The molecule has 0 aliphatic carbocycles. The largest absolute Gasteiger partial charge is 0.369 e. The number of fused-ring (bicyclic) bond motifs is 3. The third kappa shape index (κ3) is 0.953. The minimum Gasteiger partial charge on any atom is -0.369 e. The van der Waals surface area contributed by atoms with E-state index in [0.717, 1.165) is 12.2 Å². The van der Waals surface area contributed by atoms with Crippen LogP contribution < -0.4 is 5.73 Å². The van der Waals surface area contributed by atoms with Crippen LogP contribution >= 0.6 is 0 Å². The topological polar surface area (TPSA) is 41.6 Å². The highest BCUT2D eigenvalue weighted by atomic mass is 15.3. The average molecular weight is 187 g/mol. The third-order valence-corrected chi connectivity index (χ3v) is 3.08. The van der Waals surface area contributed by atoms with Crippen molar-refractivity contribution >= 4 is 11.6 Å². The van der Waals surface area contributed by atoms with E-state index in [-0.39, 0.29) is 0 Å². The molecule has 2 aliphatic heterocycles. The van der Waals surface area contributed by atoms with Gasteiger partial charge in [-0.3, -0.25) is 0 Å². The predicted octanol–water partition coefficient (Wildman–Crippen LogP) is 1.78. The Morgan fingerprint density at radius 1 is 1.36 bits per heavy atom. The number of hydrogen-bond donors (Lipinski definition) is 1. The summed E-state index contributed by atoms with van der Waals surface area (Å²) in [6.45, 7) is 1.05. The number of nitrogens with two attached hydrogens (primary N) is 1. The van der Waals surface area contributed by atoms with Crippen molar-refractivity contribution in [3.63, 3.8) is 0 Å². The zero-order valence-electron chi connectivity index (χ0n) is 7.98. The van der Waals surface area contributed by atoms with Crippen molar-refractivity contribution in [2.24, 2.45) is 10.7 Å². The predicted molar refractivity (Wildman–Crippen MR) is 56.4 cm³/mol. The number of benzene rings is 1. The van der Waals surface area contributed by atoms with E-state index in [4.69, 9.17) is 5.73 Å². The molecule has 0 saturated carbocycles. The summed E-state index contributed by atoms with van der Waals surface area (Å²) < 4.78 is 0. The zero-order chi connectivity index (χ0) is 9.54. The van der Waals surface area contributed by atoms with Gasteiger partial charge in [0, 0.05) is 12.1 Å². The summed E-state index contributed by atoms with van der Waals surface area (Å²) in [5.74, 6) is 0.686. The summed E-state index contributed by atoms with van der Waals surface area (Å²) >= 11 is 0. The van der Waals surface area contributed by atoms with E-state index in [1.807, 2.05) is 12.1 Å². The van der Waals surface area contributed by atoms with Crippen molar-refractivity contribution in [3.8, 4) is 0 Å². The van der Waals surface area contributed by atoms with E-state index in [1.54, 1.807) is 0 Å². The van der Waals surface area contributed by atoms with Gasteiger partial charge >= 0.3 is 0 Å². The number of guanidine groups is 1. The van der Waals surface area contributed by atoms with Gasteiger partial charge < -0.3 is 10.6 Å². The van der Waals surface area contributed by atoms with Crippen molar-refractivity contribution < 1.29 is 0 Å². The SMILES string of the molecule is NC1=Nc2ccccc2C2CCCN12. The number of hydrogen-bond acceptors (Lipinski definition) is 3. The summed E-state index contributed by atoms with van der Waals surface area (Å²) in [5, 5.41) is 0. The molecule has 3 rings (SSSR count). The van der Waals surface area contributed by atoms with Crippen LogP contribution in [0.3, 0.4) is 0 Å². The Hall–Kier alpha value is -1.51.